The van der Waals surface area contributed by atoms with Crippen LogP contribution in [0.4, 0.5) is 5.69 Å². The minimum Gasteiger partial charge on any atom is -0.354 e. The van der Waals surface area contributed by atoms with Gasteiger partial charge in [-0.1, -0.05) is 61.9 Å². The van der Waals surface area contributed by atoms with E-state index in [1.54, 1.807) is 25.1 Å². The second kappa shape index (κ2) is 10.9. The smallest absolute Gasteiger partial charge is 0.273 e. The van der Waals surface area contributed by atoms with E-state index < -0.39 is 11.0 Å². The van der Waals surface area contributed by atoms with E-state index in [1.165, 1.54) is 11.0 Å². The highest BCUT2D eigenvalue weighted by Gasteiger charge is 2.27. The van der Waals surface area contributed by atoms with Crippen molar-refractivity contribution in [2.75, 3.05) is 6.54 Å². The number of carbonyl (C=O) groups excluding carboxylic acids is 2. The van der Waals surface area contributed by atoms with E-state index in [4.69, 9.17) is 0 Å². The summed E-state index contributed by atoms with van der Waals surface area (Å²) in [7, 11) is 0. The van der Waals surface area contributed by atoms with Crippen LogP contribution in [0.1, 0.15) is 37.8 Å². The predicted octanol–water partition coefficient (Wildman–Crippen LogP) is 3.47. The first-order valence-corrected chi connectivity index (χ1v) is 9.77. The van der Waals surface area contributed by atoms with Gasteiger partial charge in [0.05, 0.1) is 11.3 Å². The summed E-state index contributed by atoms with van der Waals surface area (Å²) in [6.45, 7) is 4.52. The summed E-state index contributed by atoms with van der Waals surface area (Å²) in [6.07, 6.45) is 1.68. The van der Waals surface area contributed by atoms with E-state index in [1.807, 2.05) is 37.3 Å². The van der Waals surface area contributed by atoms with Gasteiger partial charge in [-0.25, -0.2) is 0 Å². The fourth-order valence-corrected chi connectivity index (χ4v) is 3.00. The van der Waals surface area contributed by atoms with Crippen LogP contribution >= 0.6 is 0 Å². The zero-order valence-corrected chi connectivity index (χ0v) is 16.8. The van der Waals surface area contributed by atoms with Crippen molar-refractivity contribution in [1.29, 1.82) is 0 Å². The van der Waals surface area contributed by atoms with Crippen LogP contribution < -0.4 is 5.32 Å². The highest BCUT2D eigenvalue weighted by Crippen LogP contribution is 2.20. The Bertz CT molecular complexity index is 839. The lowest BCUT2D eigenvalue weighted by atomic mass is 10.1. The van der Waals surface area contributed by atoms with Crippen molar-refractivity contribution in [3.05, 3.63) is 75.8 Å². The number of hydrogen-bond acceptors (Lipinski definition) is 4. The van der Waals surface area contributed by atoms with Crippen LogP contribution in [0.5, 0.6) is 0 Å². The van der Waals surface area contributed by atoms with Crippen molar-refractivity contribution >= 4 is 17.5 Å². The van der Waals surface area contributed by atoms with E-state index in [9.17, 15) is 19.7 Å². The first-order valence-electron chi connectivity index (χ1n) is 9.77. The summed E-state index contributed by atoms with van der Waals surface area (Å²) < 4.78 is 0. The van der Waals surface area contributed by atoms with Gasteiger partial charge in [-0.15, -0.1) is 0 Å². The summed E-state index contributed by atoms with van der Waals surface area (Å²) in [5.41, 5.74) is 1.12. The Hall–Kier alpha value is -3.22. The molecule has 2 aromatic carbocycles. The van der Waals surface area contributed by atoms with Crippen LogP contribution in [0.2, 0.25) is 0 Å². The molecule has 0 aliphatic heterocycles. The quantitative estimate of drug-likeness (QED) is 0.377. The van der Waals surface area contributed by atoms with Gasteiger partial charge in [0.1, 0.15) is 6.04 Å². The fraction of sp³-hybridized carbons (Fsp3) is 0.364. The van der Waals surface area contributed by atoms with Crippen LogP contribution in [0.15, 0.2) is 54.6 Å². The number of carbonyl (C=O) groups is 2. The van der Waals surface area contributed by atoms with E-state index in [-0.39, 0.29) is 30.5 Å². The van der Waals surface area contributed by atoms with Gasteiger partial charge in [-0.2, -0.15) is 0 Å². The molecule has 0 fully saturated rings. The number of nitro groups is 1. The molecule has 0 heterocycles. The first-order chi connectivity index (χ1) is 13.9. The highest BCUT2D eigenvalue weighted by molar-refractivity contribution is 5.88. The molecule has 29 heavy (non-hydrogen) atoms. The summed E-state index contributed by atoms with van der Waals surface area (Å²) in [5, 5.41) is 14.1. The third-order valence-corrected chi connectivity index (χ3v) is 4.72. The largest absolute Gasteiger partial charge is 0.354 e. The van der Waals surface area contributed by atoms with Crippen molar-refractivity contribution in [1.82, 2.24) is 10.2 Å². The van der Waals surface area contributed by atoms with Crippen LogP contribution in [0.3, 0.4) is 0 Å². The third-order valence-electron chi connectivity index (χ3n) is 4.72. The Morgan fingerprint density at radius 3 is 2.41 bits per heavy atom. The lowest BCUT2D eigenvalue weighted by molar-refractivity contribution is -0.385. The minimum absolute atomic E-state index is 0.0967. The van der Waals surface area contributed by atoms with Crippen molar-refractivity contribution < 1.29 is 14.5 Å². The summed E-state index contributed by atoms with van der Waals surface area (Å²) in [4.78, 5) is 37.9. The number of hydrogen-bond donors (Lipinski definition) is 1. The topological polar surface area (TPSA) is 92.6 Å². The first kappa shape index (κ1) is 22.1. The van der Waals surface area contributed by atoms with Crippen molar-refractivity contribution in [3.63, 3.8) is 0 Å². The second-order valence-electron chi connectivity index (χ2n) is 6.89. The Morgan fingerprint density at radius 2 is 1.76 bits per heavy atom. The molecule has 0 spiro atoms. The molecule has 1 N–H and O–H groups in total. The van der Waals surface area contributed by atoms with Gasteiger partial charge in [0.15, 0.2) is 0 Å². The SMILES string of the molecule is CCCCNC(=O)[C@@H](C)N(Cc1ccccc1)C(=O)Cc1ccccc1[N+](=O)[O-]. The van der Waals surface area contributed by atoms with E-state index in [0.29, 0.717) is 12.1 Å². The maximum atomic E-state index is 13.1. The van der Waals surface area contributed by atoms with Crippen LogP contribution in [0.25, 0.3) is 0 Å². The Balaban J connectivity index is 2.23. The molecule has 0 aliphatic rings. The average Bonchev–Trinajstić information content (AvgIpc) is 2.72. The molecule has 2 amide bonds. The van der Waals surface area contributed by atoms with E-state index >= 15 is 0 Å². The predicted molar refractivity (Wildman–Crippen MR) is 111 cm³/mol. The number of nitrogens with zero attached hydrogens (tertiary/aromatic N) is 2. The molecule has 0 aromatic heterocycles. The van der Waals surface area contributed by atoms with Crippen molar-refractivity contribution in [2.24, 2.45) is 0 Å². The number of amides is 2. The Kier molecular flexibility index (Phi) is 8.33. The van der Waals surface area contributed by atoms with Crippen LogP contribution in [-0.4, -0.2) is 34.2 Å². The summed E-state index contributed by atoms with van der Waals surface area (Å²) in [5.74, 6) is -0.563. The average molecular weight is 397 g/mol. The molecule has 7 nitrogen and oxygen atoms in total. The number of para-hydroxylation sites is 1. The molecule has 0 unspecified atom stereocenters. The second-order valence-corrected chi connectivity index (χ2v) is 6.89. The van der Waals surface area contributed by atoms with Crippen molar-refractivity contribution in [3.8, 4) is 0 Å². The standard InChI is InChI=1S/C22H27N3O4/c1-3-4-14-23-22(27)17(2)24(16-18-10-6-5-7-11-18)21(26)15-19-12-8-9-13-20(19)25(28)29/h5-13,17H,3-4,14-16H2,1-2H3,(H,23,27)/t17-/m1/s1. The van der Waals surface area contributed by atoms with Gasteiger partial charge < -0.3 is 10.2 Å². The van der Waals surface area contributed by atoms with Crippen molar-refractivity contribution in [2.45, 2.75) is 45.7 Å². The molecule has 0 aliphatic carbocycles. The molecule has 0 saturated carbocycles. The lowest BCUT2D eigenvalue weighted by Crippen LogP contribution is -2.48. The number of nitro benzene ring substituents is 1. The van der Waals surface area contributed by atoms with E-state index in [0.717, 1.165) is 18.4 Å². The number of unbranched alkanes of at least 4 members (excludes halogenated alkanes) is 1. The van der Waals surface area contributed by atoms with Gasteiger partial charge >= 0.3 is 0 Å². The Morgan fingerprint density at radius 1 is 1.10 bits per heavy atom. The number of benzene rings is 2. The maximum Gasteiger partial charge on any atom is 0.273 e. The zero-order valence-electron chi connectivity index (χ0n) is 16.8. The molecule has 2 rings (SSSR count). The monoisotopic (exact) mass is 397 g/mol. The molecular weight excluding hydrogens is 370 g/mol. The molecule has 154 valence electrons. The molecule has 0 radical (unpaired) electrons. The van der Waals surface area contributed by atoms with Crippen LogP contribution in [-0.2, 0) is 22.6 Å². The number of nitrogens with one attached hydrogen (secondary N) is 1. The number of rotatable bonds is 10. The zero-order chi connectivity index (χ0) is 21.2. The molecule has 0 saturated heterocycles. The molecule has 1 atom stereocenters. The fourth-order valence-electron chi connectivity index (χ4n) is 3.00. The maximum absolute atomic E-state index is 13.1. The van der Waals surface area contributed by atoms with Gasteiger partial charge in [0.25, 0.3) is 5.69 Å². The summed E-state index contributed by atoms with van der Waals surface area (Å²) in [6, 6.07) is 14.9. The molecule has 7 heteroatoms. The minimum atomic E-state index is -0.692. The van der Waals surface area contributed by atoms with Gasteiger partial charge in [-0.05, 0) is 18.9 Å². The Labute approximate surface area is 170 Å². The van der Waals surface area contributed by atoms with E-state index in [2.05, 4.69) is 5.32 Å². The van der Waals surface area contributed by atoms with Gasteiger partial charge in [0.2, 0.25) is 11.8 Å². The lowest BCUT2D eigenvalue weighted by Gasteiger charge is -2.29. The van der Waals surface area contributed by atoms with Gasteiger partial charge in [0, 0.05) is 24.7 Å². The summed E-state index contributed by atoms with van der Waals surface area (Å²) >= 11 is 0. The third kappa shape index (κ3) is 6.41. The normalized spacial score (nSPS) is 11.5. The highest BCUT2D eigenvalue weighted by atomic mass is 16.6. The van der Waals surface area contributed by atoms with Crippen LogP contribution in [0, 0.1) is 10.1 Å². The molecule has 0 bridgehead atoms. The molecular formula is C22H27N3O4. The van der Waals surface area contributed by atoms with Gasteiger partial charge in [-0.3, -0.25) is 19.7 Å². The molecule has 2 aromatic rings.